The van der Waals surface area contributed by atoms with Crippen LogP contribution in [0.4, 0.5) is 0 Å². The van der Waals surface area contributed by atoms with Gasteiger partial charge in [0.15, 0.2) is 6.04 Å². The second-order valence-electron chi connectivity index (χ2n) is 8.43. The van der Waals surface area contributed by atoms with Crippen molar-refractivity contribution >= 4 is 22.8 Å². The average molecular weight is 456 g/mol. The summed E-state index contributed by atoms with van der Waals surface area (Å²) in [6.45, 7) is 3.07. The third kappa shape index (κ3) is 4.81. The Morgan fingerprint density at radius 3 is 2.62 bits per heavy atom. The van der Waals surface area contributed by atoms with Crippen molar-refractivity contribution in [3.05, 3.63) is 71.9 Å². The molecule has 0 saturated carbocycles. The maximum Gasteiger partial charge on any atom is 0.314 e. The molecular weight excluding hydrogens is 426 g/mol. The number of likely N-dealkylation sites (tertiary alicyclic amines) is 1. The zero-order chi connectivity index (χ0) is 21.8. The van der Waals surface area contributed by atoms with E-state index in [1.165, 1.54) is 0 Å². The van der Waals surface area contributed by atoms with E-state index in [4.69, 9.17) is 4.74 Å². The first kappa shape index (κ1) is 23.8. The molecule has 0 spiro atoms. The zero-order valence-electron chi connectivity index (χ0n) is 18.4. The molecule has 0 aliphatic carbocycles. The molecule has 32 heavy (non-hydrogen) atoms. The molecule has 7 heteroatoms. The van der Waals surface area contributed by atoms with Gasteiger partial charge in [-0.2, -0.15) is 0 Å². The molecule has 0 bridgehead atoms. The molecule has 6 nitrogen and oxygen atoms in total. The molecule has 2 aromatic carbocycles. The number of para-hydroxylation sites is 1. The molecule has 1 aromatic heterocycles. The lowest BCUT2D eigenvalue weighted by molar-refractivity contribution is -0.405. The van der Waals surface area contributed by atoms with Gasteiger partial charge >= 0.3 is 5.97 Å². The van der Waals surface area contributed by atoms with Gasteiger partial charge in [-0.15, -0.1) is 0 Å². The van der Waals surface area contributed by atoms with Crippen LogP contribution in [0.5, 0.6) is 0 Å². The molecule has 1 fully saturated rings. The van der Waals surface area contributed by atoms with E-state index in [0.717, 1.165) is 22.0 Å². The number of aromatic nitrogens is 1. The van der Waals surface area contributed by atoms with E-state index in [1.807, 2.05) is 61.7 Å². The van der Waals surface area contributed by atoms with Gasteiger partial charge in [-0.25, -0.2) is 0 Å². The fraction of sp³-hybridized carbons (Fsp3) is 0.360. The van der Waals surface area contributed by atoms with E-state index in [2.05, 4.69) is 16.8 Å². The standard InChI is InChI=1S/C25H29N3O3.ClH/c1-2-31-24(30)25(15-18-8-4-3-5-9-18)12-13-28(17-25)23(29)21(26)14-19-16-27-22-11-7-6-10-20(19)22;/h3-11,16,21,27H,2,12-15,17,26H2,1H3;1H/t21-,25?;/m1./s1. The number of carbonyl (C=O) groups excluding carboxylic acids is 2. The van der Waals surface area contributed by atoms with Crippen molar-refractivity contribution < 1.29 is 32.5 Å². The van der Waals surface area contributed by atoms with E-state index in [-0.39, 0.29) is 24.3 Å². The van der Waals surface area contributed by atoms with Gasteiger partial charge in [0.25, 0.3) is 5.91 Å². The second kappa shape index (κ2) is 10.2. The predicted molar refractivity (Wildman–Crippen MR) is 119 cm³/mol. The Morgan fingerprint density at radius 1 is 1.16 bits per heavy atom. The predicted octanol–water partition coefficient (Wildman–Crippen LogP) is -0.651. The fourth-order valence-corrected chi connectivity index (χ4v) is 4.63. The normalized spacial score (nSPS) is 18.9. The lowest BCUT2D eigenvalue weighted by Crippen LogP contribution is -3.00. The first-order valence-corrected chi connectivity index (χ1v) is 10.9. The number of hydrogen-bond acceptors (Lipinski definition) is 3. The number of halogens is 1. The highest BCUT2D eigenvalue weighted by atomic mass is 35.5. The Balaban J connectivity index is 0.00000289. The third-order valence-corrected chi connectivity index (χ3v) is 6.25. The average Bonchev–Trinajstić information content (AvgIpc) is 3.40. The van der Waals surface area contributed by atoms with Crippen LogP contribution < -0.4 is 18.1 Å². The number of amides is 1. The first-order chi connectivity index (χ1) is 15.0. The number of nitrogens with one attached hydrogen (secondary N) is 1. The largest absolute Gasteiger partial charge is 1.00 e. The lowest BCUT2D eigenvalue weighted by atomic mass is 9.80. The number of fused-ring (bicyclic) bond motifs is 1. The molecule has 3 aromatic rings. The smallest absolute Gasteiger partial charge is 0.314 e. The van der Waals surface area contributed by atoms with Gasteiger partial charge < -0.3 is 32.8 Å². The summed E-state index contributed by atoms with van der Waals surface area (Å²) < 4.78 is 5.43. The number of ether oxygens (including phenoxy) is 1. The monoisotopic (exact) mass is 455 g/mol. The van der Waals surface area contributed by atoms with Crippen LogP contribution in [-0.4, -0.2) is 47.5 Å². The van der Waals surface area contributed by atoms with Crippen LogP contribution in [0.15, 0.2) is 60.8 Å². The number of esters is 1. The zero-order valence-corrected chi connectivity index (χ0v) is 19.1. The Labute approximate surface area is 194 Å². The molecule has 1 amide bonds. The topological polar surface area (TPSA) is 90.0 Å². The lowest BCUT2D eigenvalue weighted by Gasteiger charge is -2.27. The minimum atomic E-state index is -0.701. The number of nitrogens with zero attached hydrogens (tertiary/aromatic N) is 1. The van der Waals surface area contributed by atoms with E-state index < -0.39 is 11.5 Å². The van der Waals surface area contributed by atoms with E-state index in [1.54, 1.807) is 4.90 Å². The number of benzene rings is 2. The van der Waals surface area contributed by atoms with E-state index in [0.29, 0.717) is 39.0 Å². The summed E-state index contributed by atoms with van der Waals surface area (Å²) in [6.07, 6.45) is 3.69. The summed E-state index contributed by atoms with van der Waals surface area (Å²) in [6, 6.07) is 17.6. The molecule has 0 radical (unpaired) electrons. The minimum Gasteiger partial charge on any atom is -1.00 e. The molecule has 1 unspecified atom stereocenters. The van der Waals surface area contributed by atoms with Crippen molar-refractivity contribution in [2.24, 2.45) is 5.41 Å². The Bertz CT molecular complexity index is 1070. The van der Waals surface area contributed by atoms with Crippen molar-refractivity contribution in [3.8, 4) is 0 Å². The van der Waals surface area contributed by atoms with Gasteiger partial charge in [0.05, 0.1) is 12.0 Å². The number of hydrogen-bond donors (Lipinski definition) is 2. The minimum absolute atomic E-state index is 0. The quantitative estimate of drug-likeness (QED) is 0.464. The molecule has 4 N–H and O–H groups in total. The van der Waals surface area contributed by atoms with Crippen molar-refractivity contribution in [2.75, 3.05) is 19.7 Å². The maximum absolute atomic E-state index is 13.2. The molecule has 170 valence electrons. The highest BCUT2D eigenvalue weighted by Gasteiger charge is 2.48. The number of rotatable bonds is 7. The third-order valence-electron chi connectivity index (χ3n) is 6.25. The van der Waals surface area contributed by atoms with Crippen LogP contribution in [0, 0.1) is 5.41 Å². The molecule has 2 atom stereocenters. The van der Waals surface area contributed by atoms with Crippen molar-refractivity contribution in [1.82, 2.24) is 9.88 Å². The highest BCUT2D eigenvalue weighted by molar-refractivity contribution is 5.86. The summed E-state index contributed by atoms with van der Waals surface area (Å²) in [4.78, 5) is 31.2. The van der Waals surface area contributed by atoms with Crippen LogP contribution in [0.2, 0.25) is 0 Å². The van der Waals surface area contributed by atoms with E-state index in [9.17, 15) is 9.59 Å². The van der Waals surface area contributed by atoms with Crippen LogP contribution in [0.3, 0.4) is 0 Å². The second-order valence-corrected chi connectivity index (χ2v) is 8.43. The Morgan fingerprint density at radius 2 is 1.88 bits per heavy atom. The molecular formula is C25H30ClN3O3. The molecule has 1 aliphatic heterocycles. The summed E-state index contributed by atoms with van der Waals surface area (Å²) in [5.41, 5.74) is 6.68. The summed E-state index contributed by atoms with van der Waals surface area (Å²) >= 11 is 0. The van der Waals surface area contributed by atoms with Crippen molar-refractivity contribution in [3.63, 3.8) is 0 Å². The van der Waals surface area contributed by atoms with Gasteiger partial charge in [0, 0.05) is 36.6 Å². The van der Waals surface area contributed by atoms with E-state index >= 15 is 0 Å². The fourth-order valence-electron chi connectivity index (χ4n) is 4.63. The van der Waals surface area contributed by atoms with Gasteiger partial charge in [-0.1, -0.05) is 48.5 Å². The molecule has 1 saturated heterocycles. The molecule has 4 rings (SSSR count). The van der Waals surface area contributed by atoms with Crippen molar-refractivity contribution in [1.29, 1.82) is 0 Å². The van der Waals surface area contributed by atoms with Crippen molar-refractivity contribution in [2.45, 2.75) is 32.2 Å². The van der Waals surface area contributed by atoms with Crippen LogP contribution in [0.1, 0.15) is 24.5 Å². The van der Waals surface area contributed by atoms with Gasteiger partial charge in [0.1, 0.15) is 0 Å². The maximum atomic E-state index is 13.2. The number of aromatic amines is 1. The molecule has 2 heterocycles. The van der Waals surface area contributed by atoms with Crippen LogP contribution in [-0.2, 0) is 27.2 Å². The Hall–Kier alpha value is -2.83. The first-order valence-electron chi connectivity index (χ1n) is 10.9. The summed E-state index contributed by atoms with van der Waals surface area (Å²) in [7, 11) is 0. The molecule has 1 aliphatic rings. The summed E-state index contributed by atoms with van der Waals surface area (Å²) in [5, 5.41) is 1.12. The van der Waals surface area contributed by atoms with Crippen LogP contribution >= 0.6 is 0 Å². The van der Waals surface area contributed by atoms with Gasteiger partial charge in [-0.05, 0) is 37.0 Å². The number of H-pyrrole nitrogens is 1. The summed E-state index contributed by atoms with van der Waals surface area (Å²) in [5.74, 6) is -0.226. The number of carbonyl (C=O) groups is 2. The highest BCUT2D eigenvalue weighted by Crippen LogP contribution is 2.36. The Kier molecular flexibility index (Phi) is 7.59. The SMILES string of the molecule is CCOC(=O)C1(Cc2ccccc2)CCN(C(=O)[C@H]([NH3+])Cc2c[nH]c3ccccc23)C1.[Cl-]. The number of quaternary nitrogens is 1. The van der Waals surface area contributed by atoms with Gasteiger partial charge in [0.2, 0.25) is 0 Å². The van der Waals surface area contributed by atoms with Crippen LogP contribution in [0.25, 0.3) is 10.9 Å². The van der Waals surface area contributed by atoms with Gasteiger partial charge in [-0.3, -0.25) is 9.59 Å².